The number of anilines is 1. The van der Waals surface area contributed by atoms with Gasteiger partial charge in [-0.15, -0.1) is 10.2 Å². The molecule has 0 aromatic carbocycles. The monoisotopic (exact) mass is 282 g/mol. The summed E-state index contributed by atoms with van der Waals surface area (Å²) < 4.78 is 25.3. The summed E-state index contributed by atoms with van der Waals surface area (Å²) in [4.78, 5) is 0. The van der Waals surface area contributed by atoms with E-state index in [1.165, 1.54) is 11.4 Å². The molecule has 0 saturated carbocycles. The van der Waals surface area contributed by atoms with E-state index < -0.39 is 10.0 Å². The highest BCUT2D eigenvalue weighted by atomic mass is 32.2. The summed E-state index contributed by atoms with van der Waals surface area (Å²) in [7, 11) is -2.02. The summed E-state index contributed by atoms with van der Waals surface area (Å²) in [6.45, 7) is 1.85. The minimum Gasteiger partial charge on any atom is -0.374 e. The van der Waals surface area contributed by atoms with Crippen LogP contribution in [0, 0.1) is 0 Å². The summed E-state index contributed by atoms with van der Waals surface area (Å²) in [5.74, 6) is 0.726. The number of thioether (sulfide) groups is 1. The summed E-state index contributed by atoms with van der Waals surface area (Å²) in [6.07, 6.45) is 1.93. The molecule has 0 aliphatic rings. The van der Waals surface area contributed by atoms with E-state index in [1.54, 1.807) is 11.8 Å². The number of rotatable bonds is 5. The maximum Gasteiger partial charge on any atom is 0.272 e. The number of hydrogen-bond donors (Lipinski definition) is 1. The fraction of sp³-hybridized carbons (Fsp3) is 0.714. The molecule has 0 spiro atoms. The van der Waals surface area contributed by atoms with Crippen molar-refractivity contribution in [1.82, 2.24) is 14.5 Å². The van der Waals surface area contributed by atoms with Gasteiger partial charge in [0.25, 0.3) is 10.0 Å². The van der Waals surface area contributed by atoms with E-state index in [0.29, 0.717) is 0 Å². The molecule has 1 aromatic heterocycles. The van der Waals surface area contributed by atoms with Crippen LogP contribution in [0.25, 0.3) is 0 Å². The van der Waals surface area contributed by atoms with Gasteiger partial charge in [0.15, 0.2) is 0 Å². The molecule has 0 saturated heterocycles. The third-order valence-corrected chi connectivity index (χ3v) is 5.94. The number of sulfonamides is 1. The highest BCUT2D eigenvalue weighted by molar-refractivity contribution is 7.98. The van der Waals surface area contributed by atoms with Crippen molar-refractivity contribution < 1.29 is 8.42 Å². The van der Waals surface area contributed by atoms with E-state index in [2.05, 4.69) is 10.2 Å². The Kier molecular flexibility index (Phi) is 4.53. The van der Waals surface area contributed by atoms with Crippen LogP contribution >= 0.6 is 23.1 Å². The van der Waals surface area contributed by atoms with Gasteiger partial charge in [0, 0.05) is 18.8 Å². The zero-order valence-corrected chi connectivity index (χ0v) is 11.7. The van der Waals surface area contributed by atoms with Crippen molar-refractivity contribution in [2.24, 2.45) is 0 Å². The highest BCUT2D eigenvalue weighted by Gasteiger charge is 2.28. The topological polar surface area (TPSA) is 89.2 Å². The van der Waals surface area contributed by atoms with Crippen molar-refractivity contribution in [3.05, 3.63) is 0 Å². The largest absolute Gasteiger partial charge is 0.374 e. The number of nitrogen functional groups attached to an aromatic ring is 1. The quantitative estimate of drug-likeness (QED) is 0.845. The Morgan fingerprint density at radius 1 is 1.56 bits per heavy atom. The second-order valence-corrected chi connectivity index (χ2v) is 7.32. The van der Waals surface area contributed by atoms with Gasteiger partial charge in [0.1, 0.15) is 0 Å². The van der Waals surface area contributed by atoms with Gasteiger partial charge >= 0.3 is 0 Å². The Hall–Kier alpha value is -0.380. The summed E-state index contributed by atoms with van der Waals surface area (Å²) in [6, 6.07) is -0.0925. The molecule has 0 aliphatic heterocycles. The third kappa shape index (κ3) is 2.84. The standard InChI is InChI=1S/C7H14N4O2S3/c1-5(4-14-3)11(2)16(12,13)7-10-9-6(8)15-7/h5H,4H2,1-3H3,(H2,8,9). The van der Waals surface area contributed by atoms with E-state index in [9.17, 15) is 8.42 Å². The molecule has 2 N–H and O–H groups in total. The van der Waals surface area contributed by atoms with Crippen LogP contribution in [0.5, 0.6) is 0 Å². The van der Waals surface area contributed by atoms with Gasteiger partial charge in [0.2, 0.25) is 9.47 Å². The molecule has 0 radical (unpaired) electrons. The molecule has 1 unspecified atom stereocenters. The molecular formula is C7H14N4O2S3. The van der Waals surface area contributed by atoms with E-state index in [0.717, 1.165) is 17.1 Å². The fourth-order valence-electron chi connectivity index (χ4n) is 1.03. The molecule has 0 fully saturated rings. The lowest BCUT2D eigenvalue weighted by Crippen LogP contribution is -2.36. The molecular weight excluding hydrogens is 268 g/mol. The molecule has 6 nitrogen and oxygen atoms in total. The normalized spacial score (nSPS) is 14.2. The Balaban J connectivity index is 2.94. The van der Waals surface area contributed by atoms with Gasteiger partial charge in [0.05, 0.1) is 0 Å². The Labute approximate surface area is 103 Å². The third-order valence-electron chi connectivity index (χ3n) is 2.05. The predicted octanol–water partition coefficient (Wildman–Crippen LogP) is 0.492. The lowest BCUT2D eigenvalue weighted by Gasteiger charge is -2.21. The minimum atomic E-state index is -3.55. The van der Waals surface area contributed by atoms with Gasteiger partial charge in [-0.3, -0.25) is 0 Å². The first kappa shape index (κ1) is 13.7. The maximum absolute atomic E-state index is 12.0. The molecule has 0 amide bonds. The van der Waals surface area contributed by atoms with E-state index in [4.69, 9.17) is 5.73 Å². The van der Waals surface area contributed by atoms with Gasteiger partial charge in [-0.1, -0.05) is 11.3 Å². The Morgan fingerprint density at radius 2 is 2.19 bits per heavy atom. The van der Waals surface area contributed by atoms with Crippen LogP contribution in [0.15, 0.2) is 4.34 Å². The number of aromatic nitrogens is 2. The molecule has 16 heavy (non-hydrogen) atoms. The lowest BCUT2D eigenvalue weighted by molar-refractivity contribution is 0.414. The van der Waals surface area contributed by atoms with Crippen LogP contribution in [-0.2, 0) is 10.0 Å². The van der Waals surface area contributed by atoms with Gasteiger partial charge in [-0.05, 0) is 13.2 Å². The molecule has 92 valence electrons. The smallest absolute Gasteiger partial charge is 0.272 e. The van der Waals surface area contributed by atoms with Crippen molar-refractivity contribution in [2.75, 3.05) is 24.8 Å². The van der Waals surface area contributed by atoms with E-state index in [-0.39, 0.29) is 15.5 Å². The Bertz CT molecular complexity index is 444. The second kappa shape index (κ2) is 5.30. The van der Waals surface area contributed by atoms with Crippen LogP contribution in [0.4, 0.5) is 5.13 Å². The SMILES string of the molecule is CSCC(C)N(C)S(=O)(=O)c1nnc(N)s1. The van der Waals surface area contributed by atoms with Crippen LogP contribution in [0.2, 0.25) is 0 Å². The van der Waals surface area contributed by atoms with Gasteiger partial charge in [-0.25, -0.2) is 8.42 Å². The van der Waals surface area contributed by atoms with Crippen LogP contribution < -0.4 is 5.73 Å². The average Bonchev–Trinajstić information content (AvgIpc) is 2.64. The van der Waals surface area contributed by atoms with Crippen LogP contribution in [-0.4, -0.2) is 48.0 Å². The van der Waals surface area contributed by atoms with E-state index >= 15 is 0 Å². The van der Waals surface area contributed by atoms with Crippen LogP contribution in [0.1, 0.15) is 6.92 Å². The first-order valence-electron chi connectivity index (χ1n) is 4.45. The zero-order valence-electron chi connectivity index (χ0n) is 9.24. The predicted molar refractivity (Wildman–Crippen MR) is 67.1 cm³/mol. The van der Waals surface area contributed by atoms with Crippen molar-refractivity contribution in [1.29, 1.82) is 0 Å². The van der Waals surface area contributed by atoms with Crippen LogP contribution in [0.3, 0.4) is 0 Å². The van der Waals surface area contributed by atoms with Crippen molar-refractivity contribution >= 4 is 38.3 Å². The molecule has 9 heteroatoms. The molecule has 1 atom stereocenters. The molecule has 1 rings (SSSR count). The molecule has 1 aromatic rings. The highest BCUT2D eigenvalue weighted by Crippen LogP contribution is 2.22. The number of nitrogens with zero attached hydrogens (tertiary/aromatic N) is 3. The van der Waals surface area contributed by atoms with Crippen molar-refractivity contribution in [3.8, 4) is 0 Å². The maximum atomic E-state index is 12.0. The average molecular weight is 282 g/mol. The number of hydrogen-bond acceptors (Lipinski definition) is 7. The first-order chi connectivity index (χ1) is 7.39. The minimum absolute atomic E-state index is 0.0551. The first-order valence-corrected chi connectivity index (χ1v) is 8.10. The summed E-state index contributed by atoms with van der Waals surface area (Å²) in [5.41, 5.74) is 5.37. The van der Waals surface area contributed by atoms with Crippen molar-refractivity contribution in [2.45, 2.75) is 17.3 Å². The summed E-state index contributed by atoms with van der Waals surface area (Å²) >= 11 is 2.47. The van der Waals surface area contributed by atoms with Crippen molar-refractivity contribution in [3.63, 3.8) is 0 Å². The lowest BCUT2D eigenvalue weighted by atomic mass is 10.4. The van der Waals surface area contributed by atoms with E-state index in [1.807, 2.05) is 13.2 Å². The summed E-state index contributed by atoms with van der Waals surface area (Å²) in [5, 5.41) is 7.22. The Morgan fingerprint density at radius 3 is 2.62 bits per heavy atom. The molecule has 1 heterocycles. The van der Waals surface area contributed by atoms with Gasteiger partial charge in [-0.2, -0.15) is 16.1 Å². The molecule has 0 aliphatic carbocycles. The fourth-order valence-corrected chi connectivity index (χ4v) is 4.14. The number of nitrogens with two attached hydrogens (primary N) is 1. The molecule has 0 bridgehead atoms. The second-order valence-electron chi connectivity index (χ2n) is 3.23. The van der Waals surface area contributed by atoms with Gasteiger partial charge < -0.3 is 5.73 Å². The zero-order chi connectivity index (χ0) is 12.3.